The Morgan fingerprint density at radius 3 is 2.05 bits per heavy atom. The number of nitrogens with two attached hydrogens (primary N) is 1. The third-order valence-electron chi connectivity index (χ3n) is 8.44. The van der Waals surface area contributed by atoms with Crippen LogP contribution >= 0.6 is 0 Å². The summed E-state index contributed by atoms with van der Waals surface area (Å²) in [6.45, 7) is 13.0. The maximum atomic E-state index is 14.0. The van der Waals surface area contributed by atoms with Gasteiger partial charge in [-0.15, -0.1) is 0 Å². The molecule has 0 aromatic rings. The molecular formula is C29H49N5O7. The lowest BCUT2D eigenvalue weighted by molar-refractivity contribution is -0.144. The van der Waals surface area contributed by atoms with Gasteiger partial charge in [0, 0.05) is 6.54 Å². The van der Waals surface area contributed by atoms with Gasteiger partial charge in [-0.2, -0.15) is 0 Å². The molecule has 12 nitrogen and oxygen atoms in total. The number of likely N-dealkylation sites (tertiary alicyclic amines) is 1. The number of amides is 5. The smallest absolute Gasteiger partial charge is 0.326 e. The topological polar surface area (TPSA) is 188 Å². The number of hydrogen-bond acceptors (Lipinski definition) is 6. The van der Waals surface area contributed by atoms with E-state index in [-0.39, 0.29) is 24.3 Å². The molecule has 1 unspecified atom stereocenters. The van der Waals surface area contributed by atoms with E-state index in [1.165, 1.54) is 4.90 Å². The highest BCUT2D eigenvalue weighted by molar-refractivity contribution is 6.37. The molecule has 0 bridgehead atoms. The minimum Gasteiger partial charge on any atom is -0.480 e. The van der Waals surface area contributed by atoms with Crippen LogP contribution in [-0.4, -0.2) is 76.2 Å². The summed E-state index contributed by atoms with van der Waals surface area (Å²) in [4.78, 5) is 78.1. The van der Waals surface area contributed by atoms with E-state index in [2.05, 4.69) is 16.0 Å². The van der Waals surface area contributed by atoms with E-state index in [0.717, 1.165) is 12.8 Å². The molecule has 41 heavy (non-hydrogen) atoms. The number of urea groups is 1. The van der Waals surface area contributed by atoms with Gasteiger partial charge in [0.1, 0.15) is 18.1 Å². The van der Waals surface area contributed by atoms with Gasteiger partial charge in [-0.25, -0.2) is 9.59 Å². The van der Waals surface area contributed by atoms with Crippen molar-refractivity contribution in [2.75, 3.05) is 6.54 Å². The molecule has 12 heteroatoms. The van der Waals surface area contributed by atoms with Crippen LogP contribution in [0.5, 0.6) is 0 Å². The summed E-state index contributed by atoms with van der Waals surface area (Å²) in [6, 6.07) is -5.00. The van der Waals surface area contributed by atoms with E-state index in [1.54, 1.807) is 27.7 Å². The number of Topliss-reactive ketones (excluding diaryl/α,β-unsaturated/α-hetero) is 1. The molecule has 0 aromatic carbocycles. The highest BCUT2D eigenvalue weighted by atomic mass is 16.4. The van der Waals surface area contributed by atoms with Crippen LogP contribution in [-0.2, 0) is 24.0 Å². The molecule has 0 radical (unpaired) electrons. The lowest BCUT2D eigenvalue weighted by Gasteiger charge is -2.37. The Kier molecular flexibility index (Phi) is 11.7. The van der Waals surface area contributed by atoms with Gasteiger partial charge in [0.05, 0.1) is 6.04 Å². The molecule has 2 fully saturated rings. The van der Waals surface area contributed by atoms with E-state index in [0.29, 0.717) is 31.6 Å². The second-order valence-electron chi connectivity index (χ2n) is 13.1. The number of carbonyl (C=O) groups is 6. The summed E-state index contributed by atoms with van der Waals surface area (Å²) in [5, 5.41) is 17.4. The van der Waals surface area contributed by atoms with E-state index in [4.69, 9.17) is 5.73 Å². The third-order valence-corrected chi connectivity index (χ3v) is 8.44. The maximum absolute atomic E-state index is 14.0. The Hall–Kier alpha value is -3.18. The number of hydrogen-bond donors (Lipinski definition) is 5. The van der Waals surface area contributed by atoms with Gasteiger partial charge in [0.25, 0.3) is 5.91 Å². The molecular weight excluding hydrogens is 530 g/mol. The number of ketones is 1. The van der Waals surface area contributed by atoms with Crippen molar-refractivity contribution in [3.8, 4) is 0 Å². The molecule has 6 atom stereocenters. The quantitative estimate of drug-likeness (QED) is 0.194. The number of carboxylic acids is 1. The largest absolute Gasteiger partial charge is 0.480 e. The Morgan fingerprint density at radius 2 is 1.59 bits per heavy atom. The summed E-state index contributed by atoms with van der Waals surface area (Å²) in [7, 11) is 0. The molecule has 1 heterocycles. The normalized spacial score (nSPS) is 21.9. The zero-order chi connectivity index (χ0) is 31.2. The number of nitrogens with one attached hydrogen (secondary N) is 3. The molecule has 1 saturated heterocycles. The number of nitrogens with zero attached hydrogens (tertiary/aromatic N) is 1. The first-order valence-corrected chi connectivity index (χ1v) is 14.7. The van der Waals surface area contributed by atoms with Gasteiger partial charge in [0.2, 0.25) is 17.6 Å². The highest BCUT2D eigenvalue weighted by Gasteiger charge is 2.48. The van der Waals surface area contributed by atoms with Crippen LogP contribution in [0.2, 0.25) is 0 Å². The molecule has 0 spiro atoms. The molecule has 1 aliphatic heterocycles. The minimum atomic E-state index is -1.18. The summed E-state index contributed by atoms with van der Waals surface area (Å²) in [6.07, 6.45) is 4.13. The molecule has 1 aliphatic carbocycles. The minimum absolute atomic E-state index is 0.0245. The second kappa shape index (κ2) is 14.1. The van der Waals surface area contributed by atoms with Crippen LogP contribution in [0.25, 0.3) is 0 Å². The van der Waals surface area contributed by atoms with Crippen LogP contribution in [0.1, 0.15) is 87.0 Å². The lowest BCUT2D eigenvalue weighted by atomic mass is 9.84. The highest BCUT2D eigenvalue weighted by Crippen LogP contribution is 2.35. The summed E-state index contributed by atoms with van der Waals surface area (Å²) in [5.74, 6) is -4.25. The van der Waals surface area contributed by atoms with Crippen LogP contribution in [0.4, 0.5) is 4.79 Å². The fraction of sp³-hybridized carbons (Fsp3) is 0.793. The van der Waals surface area contributed by atoms with E-state index < -0.39 is 65.1 Å². The zero-order valence-corrected chi connectivity index (χ0v) is 25.5. The zero-order valence-electron chi connectivity index (χ0n) is 25.5. The molecule has 1 saturated carbocycles. The van der Waals surface area contributed by atoms with Crippen molar-refractivity contribution in [3.05, 3.63) is 0 Å². The average molecular weight is 580 g/mol. The Labute approximate surface area is 242 Å². The fourth-order valence-electron chi connectivity index (χ4n) is 5.42. The second-order valence-corrected chi connectivity index (χ2v) is 13.1. The van der Waals surface area contributed by atoms with Gasteiger partial charge in [0.15, 0.2) is 0 Å². The van der Waals surface area contributed by atoms with Crippen LogP contribution in [0.3, 0.4) is 0 Å². The molecule has 6 N–H and O–H groups in total. The Bertz CT molecular complexity index is 1000. The summed E-state index contributed by atoms with van der Waals surface area (Å²) >= 11 is 0. The summed E-state index contributed by atoms with van der Waals surface area (Å²) in [5.41, 5.74) is 4.48. The molecule has 2 aliphatic rings. The number of rotatable bonds is 14. The predicted octanol–water partition coefficient (Wildman–Crippen LogP) is 1.80. The lowest BCUT2D eigenvalue weighted by Crippen LogP contribution is -2.62. The Balaban J connectivity index is 2.30. The van der Waals surface area contributed by atoms with Crippen molar-refractivity contribution >= 4 is 35.5 Å². The van der Waals surface area contributed by atoms with E-state index in [9.17, 15) is 33.9 Å². The molecule has 0 aromatic heterocycles. The first kappa shape index (κ1) is 34.0. The number of carbonyl (C=O) groups excluding carboxylic acids is 5. The van der Waals surface area contributed by atoms with Gasteiger partial charge in [-0.3, -0.25) is 19.2 Å². The molecule has 232 valence electrons. The number of aliphatic carboxylic acids is 1. The third kappa shape index (κ3) is 9.16. The van der Waals surface area contributed by atoms with Crippen molar-refractivity contribution in [2.45, 2.75) is 111 Å². The predicted molar refractivity (Wildman–Crippen MR) is 152 cm³/mol. The van der Waals surface area contributed by atoms with Crippen molar-refractivity contribution < 1.29 is 33.9 Å². The van der Waals surface area contributed by atoms with Gasteiger partial charge in [-0.1, -0.05) is 67.7 Å². The van der Waals surface area contributed by atoms with Crippen LogP contribution in [0.15, 0.2) is 0 Å². The SMILES string of the molecule is CC[C@H](C)[C@H](NC(=O)N[C@H](C(=O)N1CC[C@H](C(C)C)[C@H]1C(=O)NC(CCC1CC1)C(=O)C(N)=O)C(C)(C)C)C(=O)O. The Morgan fingerprint density at radius 1 is 0.976 bits per heavy atom. The number of primary amides is 1. The average Bonchev–Trinajstić information content (AvgIpc) is 3.60. The van der Waals surface area contributed by atoms with Gasteiger partial charge >= 0.3 is 12.0 Å². The number of carboxylic acid groups (broad SMARTS) is 1. The summed E-state index contributed by atoms with van der Waals surface area (Å²) < 4.78 is 0. The van der Waals surface area contributed by atoms with Gasteiger partial charge < -0.3 is 31.7 Å². The molecule has 5 amide bonds. The van der Waals surface area contributed by atoms with E-state index in [1.807, 2.05) is 20.8 Å². The monoisotopic (exact) mass is 579 g/mol. The fourth-order valence-corrected chi connectivity index (χ4v) is 5.42. The van der Waals surface area contributed by atoms with Crippen LogP contribution in [0, 0.1) is 29.1 Å². The van der Waals surface area contributed by atoms with Crippen molar-refractivity contribution in [2.24, 2.45) is 34.8 Å². The van der Waals surface area contributed by atoms with Crippen LogP contribution < -0.4 is 21.7 Å². The maximum Gasteiger partial charge on any atom is 0.326 e. The van der Waals surface area contributed by atoms with E-state index >= 15 is 0 Å². The van der Waals surface area contributed by atoms with Gasteiger partial charge in [-0.05, 0) is 48.3 Å². The van der Waals surface area contributed by atoms with Crippen molar-refractivity contribution in [3.63, 3.8) is 0 Å². The van der Waals surface area contributed by atoms with Crippen molar-refractivity contribution in [1.82, 2.24) is 20.9 Å². The standard InChI is InChI=1S/C29H49N5O7/c1-8-16(4)20(27(39)40)32-28(41)33-23(29(5,6)7)26(38)34-14-13-18(15(2)3)21(34)25(37)31-19(22(35)24(30)36)12-11-17-9-10-17/h15-21,23H,8-14H2,1-7H3,(H2,30,36)(H,31,37)(H,39,40)(H2,32,33,41)/t16-,18+,19?,20-,21-,23+/m0/s1. The molecule has 2 rings (SSSR count). The first-order valence-electron chi connectivity index (χ1n) is 14.7. The first-order chi connectivity index (χ1) is 19.0. The van der Waals surface area contributed by atoms with Crippen molar-refractivity contribution in [1.29, 1.82) is 0 Å².